The van der Waals surface area contributed by atoms with Crippen molar-refractivity contribution in [3.05, 3.63) is 76.3 Å². The highest BCUT2D eigenvalue weighted by atomic mass is 16.5. The van der Waals surface area contributed by atoms with E-state index in [2.05, 4.69) is 87.5 Å². The number of carbonyl (C=O) groups excluding carboxylic acids is 1. The van der Waals surface area contributed by atoms with Crippen LogP contribution in [-0.4, -0.2) is 43.1 Å². The van der Waals surface area contributed by atoms with E-state index in [0.717, 1.165) is 38.9 Å². The average molecular weight is 478 g/mol. The van der Waals surface area contributed by atoms with Gasteiger partial charge in [0.1, 0.15) is 0 Å². The standard InChI is InChI=1S/C30H43N3O2/c1-8-26-17-24(19-31-6)9-10-28(26)23(5)29(18-25-12-13-32(20-25)30(34)35-7)33-14-11-22(4)16-27(33)15-21(2)3/h9-11,14-17,21,25,31H,8,12-13,18-20H2,1-7H3/b27-15+,29-23+. The van der Waals surface area contributed by atoms with E-state index in [0.29, 0.717) is 11.8 Å². The third-order valence-electron chi connectivity index (χ3n) is 6.90. The zero-order valence-corrected chi connectivity index (χ0v) is 22.6. The van der Waals surface area contributed by atoms with Gasteiger partial charge in [-0.05, 0) is 92.0 Å². The van der Waals surface area contributed by atoms with Gasteiger partial charge in [0.15, 0.2) is 0 Å². The maximum Gasteiger partial charge on any atom is 0.409 e. The molecule has 1 unspecified atom stereocenters. The Balaban J connectivity index is 2.07. The van der Waals surface area contributed by atoms with Gasteiger partial charge in [-0.3, -0.25) is 0 Å². The van der Waals surface area contributed by atoms with E-state index in [-0.39, 0.29) is 6.09 Å². The summed E-state index contributed by atoms with van der Waals surface area (Å²) in [6.45, 7) is 13.5. The number of nitrogens with one attached hydrogen (secondary N) is 1. The second-order valence-electron chi connectivity index (χ2n) is 10.1. The summed E-state index contributed by atoms with van der Waals surface area (Å²) in [5.74, 6) is 0.839. The fourth-order valence-electron chi connectivity index (χ4n) is 5.12. The summed E-state index contributed by atoms with van der Waals surface area (Å²) in [5.41, 5.74) is 9.09. The number of aryl methyl sites for hydroxylation is 1. The van der Waals surface area contributed by atoms with Crippen LogP contribution in [0.4, 0.5) is 4.79 Å². The molecule has 1 aromatic rings. The van der Waals surface area contributed by atoms with Crippen LogP contribution in [0.15, 0.2) is 59.6 Å². The molecule has 190 valence electrons. The number of carbonyl (C=O) groups is 1. The number of methoxy groups -OCH3 is 1. The number of benzene rings is 1. The summed E-state index contributed by atoms with van der Waals surface area (Å²) in [5, 5.41) is 3.27. The Bertz CT molecular complexity index is 1030. The lowest BCUT2D eigenvalue weighted by atomic mass is 9.91. The molecule has 0 radical (unpaired) electrons. The van der Waals surface area contributed by atoms with Crippen molar-refractivity contribution >= 4 is 11.7 Å². The summed E-state index contributed by atoms with van der Waals surface area (Å²) in [6.07, 6.45) is 11.7. The van der Waals surface area contributed by atoms with Gasteiger partial charge in [-0.2, -0.15) is 0 Å². The van der Waals surface area contributed by atoms with Crippen LogP contribution >= 0.6 is 0 Å². The number of rotatable bonds is 8. The highest BCUT2D eigenvalue weighted by molar-refractivity contribution is 5.71. The molecular weight excluding hydrogens is 434 g/mol. The van der Waals surface area contributed by atoms with Crippen LogP contribution < -0.4 is 5.32 Å². The first kappa shape index (κ1) is 26.8. The number of hydrogen-bond acceptors (Lipinski definition) is 4. The quantitative estimate of drug-likeness (QED) is 0.465. The Labute approximate surface area is 212 Å². The first-order valence-corrected chi connectivity index (χ1v) is 12.9. The van der Waals surface area contributed by atoms with E-state index >= 15 is 0 Å². The van der Waals surface area contributed by atoms with E-state index in [1.165, 1.54) is 46.3 Å². The molecule has 0 bridgehead atoms. The summed E-state index contributed by atoms with van der Waals surface area (Å²) in [7, 11) is 3.45. The lowest BCUT2D eigenvalue weighted by Crippen LogP contribution is -2.29. The van der Waals surface area contributed by atoms with Gasteiger partial charge < -0.3 is 19.9 Å². The smallest absolute Gasteiger partial charge is 0.409 e. The topological polar surface area (TPSA) is 44.8 Å². The van der Waals surface area contributed by atoms with Gasteiger partial charge in [-0.15, -0.1) is 0 Å². The molecular formula is C30H43N3O2. The SMILES string of the molecule is CCc1cc(CNC)ccc1/C(C)=C(\CC1CCN(C(=O)OC)C1)N1C=CC(C)=C/C1=C\C(C)C. The summed E-state index contributed by atoms with van der Waals surface area (Å²) >= 11 is 0. The van der Waals surface area contributed by atoms with Crippen molar-refractivity contribution < 1.29 is 9.53 Å². The number of likely N-dealkylation sites (tertiary alicyclic amines) is 1. The fourth-order valence-corrected chi connectivity index (χ4v) is 5.12. The Morgan fingerprint density at radius 1 is 1.31 bits per heavy atom. The van der Waals surface area contributed by atoms with E-state index in [1.54, 1.807) is 0 Å². The molecule has 2 heterocycles. The van der Waals surface area contributed by atoms with Gasteiger partial charge in [0.2, 0.25) is 0 Å². The number of amides is 1. The lowest BCUT2D eigenvalue weighted by Gasteiger charge is -2.32. The Morgan fingerprint density at radius 2 is 2.09 bits per heavy atom. The average Bonchev–Trinajstić information content (AvgIpc) is 3.30. The molecule has 1 fully saturated rings. The summed E-state index contributed by atoms with van der Waals surface area (Å²) in [6, 6.07) is 6.86. The Morgan fingerprint density at radius 3 is 2.74 bits per heavy atom. The van der Waals surface area contributed by atoms with Gasteiger partial charge in [0, 0.05) is 37.2 Å². The van der Waals surface area contributed by atoms with Crippen LogP contribution in [0.2, 0.25) is 0 Å². The number of hydrogen-bond donors (Lipinski definition) is 1. The maximum absolute atomic E-state index is 12.1. The molecule has 0 aliphatic carbocycles. The van der Waals surface area contributed by atoms with E-state index < -0.39 is 0 Å². The summed E-state index contributed by atoms with van der Waals surface area (Å²) in [4.78, 5) is 16.3. The van der Waals surface area contributed by atoms with E-state index in [1.807, 2.05) is 11.9 Å². The zero-order chi connectivity index (χ0) is 25.5. The van der Waals surface area contributed by atoms with Gasteiger partial charge >= 0.3 is 6.09 Å². The molecule has 1 aromatic carbocycles. The minimum absolute atomic E-state index is 0.222. The minimum Gasteiger partial charge on any atom is -0.453 e. The molecule has 2 aliphatic heterocycles. The molecule has 5 nitrogen and oxygen atoms in total. The molecule has 1 N–H and O–H groups in total. The van der Waals surface area contributed by atoms with Crippen LogP contribution in [0.1, 0.15) is 64.2 Å². The van der Waals surface area contributed by atoms with Crippen LogP contribution in [0.25, 0.3) is 5.57 Å². The number of nitrogens with zero attached hydrogens (tertiary/aromatic N) is 2. The Kier molecular flexibility index (Phi) is 9.39. The predicted octanol–water partition coefficient (Wildman–Crippen LogP) is 6.49. The van der Waals surface area contributed by atoms with Crippen LogP contribution in [-0.2, 0) is 17.7 Å². The highest BCUT2D eigenvalue weighted by Gasteiger charge is 2.30. The van der Waals surface area contributed by atoms with Crippen molar-refractivity contribution in [2.75, 3.05) is 27.2 Å². The highest BCUT2D eigenvalue weighted by Crippen LogP contribution is 2.36. The van der Waals surface area contributed by atoms with Crippen molar-refractivity contribution in [3.63, 3.8) is 0 Å². The fraction of sp³-hybridized carbons (Fsp3) is 0.500. The van der Waals surface area contributed by atoms with Crippen molar-refractivity contribution in [1.82, 2.24) is 15.1 Å². The van der Waals surface area contributed by atoms with E-state index in [9.17, 15) is 4.79 Å². The van der Waals surface area contributed by atoms with Gasteiger partial charge in [0.05, 0.1) is 7.11 Å². The van der Waals surface area contributed by atoms with Crippen LogP contribution in [0.5, 0.6) is 0 Å². The monoisotopic (exact) mass is 477 g/mol. The van der Waals surface area contributed by atoms with Gasteiger partial charge in [-0.1, -0.05) is 45.0 Å². The summed E-state index contributed by atoms with van der Waals surface area (Å²) < 4.78 is 4.99. The minimum atomic E-state index is -0.222. The maximum atomic E-state index is 12.1. The molecule has 3 rings (SSSR count). The van der Waals surface area contributed by atoms with Gasteiger partial charge in [0.25, 0.3) is 0 Å². The second kappa shape index (κ2) is 12.3. The second-order valence-corrected chi connectivity index (χ2v) is 10.1. The lowest BCUT2D eigenvalue weighted by molar-refractivity contribution is 0.131. The van der Waals surface area contributed by atoms with E-state index in [4.69, 9.17) is 4.74 Å². The first-order valence-electron chi connectivity index (χ1n) is 12.9. The molecule has 0 spiro atoms. The third kappa shape index (κ3) is 6.66. The van der Waals surface area contributed by atoms with Gasteiger partial charge in [-0.25, -0.2) is 4.79 Å². The van der Waals surface area contributed by atoms with Crippen LogP contribution in [0.3, 0.4) is 0 Å². The Hall–Kier alpha value is -2.79. The molecule has 5 heteroatoms. The molecule has 1 saturated heterocycles. The third-order valence-corrected chi connectivity index (χ3v) is 6.90. The zero-order valence-electron chi connectivity index (χ0n) is 22.6. The van der Waals surface area contributed by atoms with Crippen molar-refractivity contribution in [1.29, 1.82) is 0 Å². The van der Waals surface area contributed by atoms with Crippen LogP contribution in [0, 0.1) is 11.8 Å². The molecule has 0 aromatic heterocycles. The molecule has 2 aliphatic rings. The molecule has 0 saturated carbocycles. The van der Waals surface area contributed by atoms with Crippen molar-refractivity contribution in [2.45, 2.75) is 60.4 Å². The predicted molar refractivity (Wildman–Crippen MR) is 146 cm³/mol. The molecule has 1 atom stereocenters. The largest absolute Gasteiger partial charge is 0.453 e. The first-order chi connectivity index (χ1) is 16.8. The molecule has 35 heavy (non-hydrogen) atoms. The number of allylic oxidation sites excluding steroid dienone is 6. The van der Waals surface area contributed by atoms with Crippen molar-refractivity contribution in [3.8, 4) is 0 Å². The van der Waals surface area contributed by atoms with Crippen molar-refractivity contribution in [2.24, 2.45) is 11.8 Å². The molecule has 1 amide bonds. The number of ether oxygens (including phenoxy) is 1. The normalized spacial score (nSPS) is 19.9.